The molecule has 1 aliphatic rings. The van der Waals surface area contributed by atoms with Crippen LogP contribution in [0.2, 0.25) is 10.0 Å². The summed E-state index contributed by atoms with van der Waals surface area (Å²) in [6.07, 6.45) is 0. The van der Waals surface area contributed by atoms with Crippen LogP contribution in [-0.2, 0) is 21.4 Å². The van der Waals surface area contributed by atoms with Crippen LogP contribution in [0.3, 0.4) is 0 Å². The first kappa shape index (κ1) is 16.0. The third-order valence-corrected chi connectivity index (χ3v) is 6.23. The molecule has 5 nitrogen and oxygen atoms in total. The molecule has 0 atom stereocenters. The van der Waals surface area contributed by atoms with Crippen LogP contribution in [0, 0.1) is 6.92 Å². The first-order valence-corrected chi connectivity index (χ1v) is 8.25. The summed E-state index contributed by atoms with van der Waals surface area (Å²) in [6, 6.07) is 1.39. The van der Waals surface area contributed by atoms with Gasteiger partial charge in [0.25, 0.3) is 0 Å². The molecule has 0 aliphatic carbocycles. The van der Waals surface area contributed by atoms with Crippen LogP contribution in [-0.4, -0.2) is 44.1 Å². The SMILES string of the molecule is Cc1c(Cl)c(CO)cc(Cl)c1S(=O)(=O)N1CCOCC1. The molecule has 2 rings (SSSR count). The second-order valence-corrected chi connectivity index (χ2v) is 7.12. The summed E-state index contributed by atoms with van der Waals surface area (Å²) < 4.78 is 31.8. The average molecular weight is 340 g/mol. The van der Waals surface area contributed by atoms with Crippen molar-refractivity contribution in [2.75, 3.05) is 26.3 Å². The molecule has 1 N–H and O–H groups in total. The Morgan fingerprint density at radius 3 is 2.50 bits per heavy atom. The fourth-order valence-corrected chi connectivity index (χ4v) is 4.66. The van der Waals surface area contributed by atoms with Gasteiger partial charge in [-0.15, -0.1) is 0 Å². The molecule has 0 radical (unpaired) electrons. The van der Waals surface area contributed by atoms with E-state index >= 15 is 0 Å². The van der Waals surface area contributed by atoms with Crippen LogP contribution >= 0.6 is 23.2 Å². The molecule has 112 valence electrons. The van der Waals surface area contributed by atoms with E-state index in [1.54, 1.807) is 6.92 Å². The van der Waals surface area contributed by atoms with Crippen molar-refractivity contribution in [2.45, 2.75) is 18.4 Å². The fraction of sp³-hybridized carbons (Fsp3) is 0.500. The standard InChI is InChI=1S/C12H15Cl2NO4S/c1-8-11(14)9(7-16)6-10(13)12(8)20(17,18)15-2-4-19-5-3-15/h6,16H,2-5,7H2,1H3. The zero-order chi connectivity index (χ0) is 14.9. The second-order valence-electron chi connectivity index (χ2n) is 4.46. The van der Waals surface area contributed by atoms with Gasteiger partial charge < -0.3 is 9.84 Å². The van der Waals surface area contributed by atoms with Crippen molar-refractivity contribution < 1.29 is 18.3 Å². The van der Waals surface area contributed by atoms with Gasteiger partial charge in [0.05, 0.1) is 29.9 Å². The number of rotatable bonds is 3. The number of ether oxygens (including phenoxy) is 1. The maximum atomic E-state index is 12.6. The number of morpholine rings is 1. The largest absolute Gasteiger partial charge is 0.392 e. The molecule has 0 unspecified atom stereocenters. The molecule has 0 spiro atoms. The molecule has 0 aromatic heterocycles. The molecule has 1 heterocycles. The monoisotopic (exact) mass is 339 g/mol. The van der Waals surface area contributed by atoms with Crippen LogP contribution in [0.25, 0.3) is 0 Å². The number of hydrogen-bond donors (Lipinski definition) is 1. The average Bonchev–Trinajstić information content (AvgIpc) is 2.43. The number of benzene rings is 1. The van der Waals surface area contributed by atoms with Gasteiger partial charge in [0.1, 0.15) is 4.90 Å². The summed E-state index contributed by atoms with van der Waals surface area (Å²) in [7, 11) is -3.72. The minimum absolute atomic E-state index is 0.00302. The van der Waals surface area contributed by atoms with Gasteiger partial charge in [0.15, 0.2) is 0 Å². The molecule has 1 aliphatic heterocycles. The number of nitrogens with zero attached hydrogens (tertiary/aromatic N) is 1. The van der Waals surface area contributed by atoms with Crippen molar-refractivity contribution in [2.24, 2.45) is 0 Å². The number of sulfonamides is 1. The molecule has 20 heavy (non-hydrogen) atoms. The Morgan fingerprint density at radius 2 is 1.95 bits per heavy atom. The molecule has 8 heteroatoms. The molecular formula is C12H15Cl2NO4S. The van der Waals surface area contributed by atoms with Crippen molar-refractivity contribution in [1.29, 1.82) is 0 Å². The predicted molar refractivity (Wildman–Crippen MR) is 76.7 cm³/mol. The first-order valence-electron chi connectivity index (χ1n) is 6.05. The van der Waals surface area contributed by atoms with E-state index in [1.165, 1.54) is 10.4 Å². The number of aliphatic hydroxyl groups is 1. The Morgan fingerprint density at radius 1 is 1.35 bits per heavy atom. The highest BCUT2D eigenvalue weighted by Gasteiger charge is 2.31. The zero-order valence-corrected chi connectivity index (χ0v) is 13.2. The van der Waals surface area contributed by atoms with Crippen molar-refractivity contribution in [1.82, 2.24) is 4.31 Å². The Hall–Kier alpha value is -0.370. The van der Waals surface area contributed by atoms with E-state index in [9.17, 15) is 13.5 Å². The molecule has 1 aromatic rings. The molecule has 0 bridgehead atoms. The Kier molecular flexibility index (Phi) is 4.94. The van der Waals surface area contributed by atoms with Crippen LogP contribution in [0.4, 0.5) is 0 Å². The van der Waals surface area contributed by atoms with Crippen LogP contribution in [0.15, 0.2) is 11.0 Å². The summed E-state index contributed by atoms with van der Waals surface area (Å²) in [5.74, 6) is 0. The van der Waals surface area contributed by atoms with Gasteiger partial charge in [-0.2, -0.15) is 4.31 Å². The smallest absolute Gasteiger partial charge is 0.245 e. The highest BCUT2D eigenvalue weighted by Crippen LogP contribution is 2.35. The van der Waals surface area contributed by atoms with Gasteiger partial charge in [-0.1, -0.05) is 23.2 Å². The van der Waals surface area contributed by atoms with Gasteiger partial charge >= 0.3 is 0 Å². The Balaban J connectivity index is 2.54. The van der Waals surface area contributed by atoms with Crippen molar-refractivity contribution in [3.05, 3.63) is 27.2 Å². The van der Waals surface area contributed by atoms with E-state index in [1.807, 2.05) is 0 Å². The molecule has 1 fully saturated rings. The lowest BCUT2D eigenvalue weighted by Crippen LogP contribution is -2.41. The predicted octanol–water partition coefficient (Wildman–Crippen LogP) is 1.82. The van der Waals surface area contributed by atoms with E-state index in [-0.39, 0.29) is 34.6 Å². The molecule has 0 saturated carbocycles. The van der Waals surface area contributed by atoms with Crippen molar-refractivity contribution >= 4 is 33.2 Å². The Labute approximate surface area is 128 Å². The molecule has 1 aromatic carbocycles. The minimum atomic E-state index is -3.72. The fourth-order valence-electron chi connectivity index (χ4n) is 2.15. The van der Waals surface area contributed by atoms with Gasteiger partial charge in [-0.25, -0.2) is 8.42 Å². The quantitative estimate of drug-likeness (QED) is 0.911. The minimum Gasteiger partial charge on any atom is -0.392 e. The molecular weight excluding hydrogens is 325 g/mol. The normalized spacial score (nSPS) is 17.4. The van der Waals surface area contributed by atoms with Gasteiger partial charge in [0.2, 0.25) is 10.0 Å². The summed E-state index contributed by atoms with van der Waals surface area (Å²) in [5.41, 5.74) is 0.768. The maximum Gasteiger partial charge on any atom is 0.245 e. The van der Waals surface area contributed by atoms with E-state index in [0.29, 0.717) is 24.3 Å². The van der Waals surface area contributed by atoms with Gasteiger partial charge in [0, 0.05) is 13.1 Å². The van der Waals surface area contributed by atoms with E-state index in [0.717, 1.165) is 0 Å². The third-order valence-electron chi connectivity index (χ3n) is 3.21. The van der Waals surface area contributed by atoms with Gasteiger partial charge in [-0.05, 0) is 24.1 Å². The first-order chi connectivity index (χ1) is 9.39. The van der Waals surface area contributed by atoms with Gasteiger partial charge in [-0.3, -0.25) is 0 Å². The molecule has 0 amide bonds. The number of aliphatic hydroxyl groups excluding tert-OH is 1. The van der Waals surface area contributed by atoms with Crippen LogP contribution in [0.1, 0.15) is 11.1 Å². The highest BCUT2D eigenvalue weighted by atomic mass is 35.5. The lowest BCUT2D eigenvalue weighted by atomic mass is 10.1. The number of hydrogen-bond acceptors (Lipinski definition) is 4. The topological polar surface area (TPSA) is 66.8 Å². The lowest BCUT2D eigenvalue weighted by molar-refractivity contribution is 0.0730. The maximum absolute atomic E-state index is 12.6. The summed E-state index contributed by atoms with van der Waals surface area (Å²) in [5, 5.41) is 9.49. The van der Waals surface area contributed by atoms with Crippen LogP contribution in [0.5, 0.6) is 0 Å². The van der Waals surface area contributed by atoms with Crippen LogP contribution < -0.4 is 0 Å². The highest BCUT2D eigenvalue weighted by molar-refractivity contribution is 7.89. The summed E-state index contributed by atoms with van der Waals surface area (Å²) in [4.78, 5) is 0.00302. The summed E-state index contributed by atoms with van der Waals surface area (Å²) >= 11 is 12.2. The summed E-state index contributed by atoms with van der Waals surface area (Å²) in [6.45, 7) is 2.59. The molecule has 1 saturated heterocycles. The second kappa shape index (κ2) is 6.17. The number of halogens is 2. The van der Waals surface area contributed by atoms with E-state index in [4.69, 9.17) is 27.9 Å². The lowest BCUT2D eigenvalue weighted by Gasteiger charge is -2.27. The third kappa shape index (κ3) is 2.81. The van der Waals surface area contributed by atoms with E-state index < -0.39 is 10.0 Å². The zero-order valence-electron chi connectivity index (χ0n) is 10.9. The van der Waals surface area contributed by atoms with Crippen molar-refractivity contribution in [3.8, 4) is 0 Å². The van der Waals surface area contributed by atoms with Crippen molar-refractivity contribution in [3.63, 3.8) is 0 Å². The van der Waals surface area contributed by atoms with E-state index in [2.05, 4.69) is 0 Å². The Bertz CT molecular complexity index is 612.